The van der Waals surface area contributed by atoms with Crippen molar-refractivity contribution >= 4 is 17.4 Å². The molecule has 0 radical (unpaired) electrons. The van der Waals surface area contributed by atoms with Crippen molar-refractivity contribution < 1.29 is 14.3 Å². The Hall–Kier alpha value is -3.86. The number of Topliss-reactive ketones (excluding diaryl/α,β-unsaturated/α-hetero) is 1. The minimum Gasteiger partial charge on any atom is -0.462 e. The maximum atomic E-state index is 14.0. The zero-order chi connectivity index (χ0) is 22.5. The summed E-state index contributed by atoms with van der Waals surface area (Å²) in [6.07, 6.45) is 0. The van der Waals surface area contributed by atoms with E-state index < -0.39 is 11.6 Å². The highest BCUT2D eigenvalue weighted by Gasteiger charge is 2.64. The molecule has 4 aliphatic rings. The summed E-state index contributed by atoms with van der Waals surface area (Å²) >= 11 is 0. The number of carbonyl (C=O) groups excluding carboxylic acids is 2. The van der Waals surface area contributed by atoms with Gasteiger partial charge in [0.05, 0.1) is 11.6 Å². The van der Waals surface area contributed by atoms with Crippen molar-refractivity contribution in [1.29, 1.82) is 0 Å². The number of benzene rings is 3. The number of ketones is 1. The molecule has 3 aromatic carbocycles. The van der Waals surface area contributed by atoms with Crippen LogP contribution in [0.1, 0.15) is 55.8 Å². The third-order valence-electron chi connectivity index (χ3n) is 7.41. The number of carbonyl (C=O) groups is 2. The van der Waals surface area contributed by atoms with E-state index in [1.807, 2.05) is 79.4 Å². The Morgan fingerprint density at radius 2 is 1.70 bits per heavy atom. The van der Waals surface area contributed by atoms with Crippen molar-refractivity contribution in [3.8, 4) is 5.75 Å². The summed E-state index contributed by atoms with van der Waals surface area (Å²) < 4.78 is 6.80. The van der Waals surface area contributed by atoms with Crippen molar-refractivity contribution in [2.24, 2.45) is 0 Å². The predicted octanol–water partition coefficient (Wildman–Crippen LogP) is 4.38. The van der Waals surface area contributed by atoms with Crippen molar-refractivity contribution in [3.63, 3.8) is 0 Å². The molecule has 0 saturated heterocycles. The monoisotopic (exact) mass is 434 g/mol. The Labute approximate surface area is 191 Å². The largest absolute Gasteiger partial charge is 0.462 e. The summed E-state index contributed by atoms with van der Waals surface area (Å²) in [5, 5.41) is 3.59. The van der Waals surface area contributed by atoms with E-state index in [-0.39, 0.29) is 17.7 Å². The van der Waals surface area contributed by atoms with E-state index in [2.05, 4.69) is 11.4 Å². The zero-order valence-corrected chi connectivity index (χ0v) is 18.4. The van der Waals surface area contributed by atoms with Gasteiger partial charge in [-0.05, 0) is 26.0 Å². The SMILES string of the molecule is Cc1ccc2c(c1)[C@H]1C3=C(N[C@H](C)CN4C(=O)c5ccccc5[C@]14O2)c1ccccc1C3=O. The van der Waals surface area contributed by atoms with E-state index in [0.717, 1.165) is 33.7 Å². The van der Waals surface area contributed by atoms with Crippen LogP contribution in [0, 0.1) is 6.92 Å². The number of amides is 1. The summed E-state index contributed by atoms with van der Waals surface area (Å²) in [5.74, 6) is 0.238. The number of hydrogen-bond acceptors (Lipinski definition) is 4. The molecular weight excluding hydrogens is 412 g/mol. The van der Waals surface area contributed by atoms with Crippen LogP contribution < -0.4 is 10.1 Å². The lowest BCUT2D eigenvalue weighted by Crippen LogP contribution is -2.55. The predicted molar refractivity (Wildman–Crippen MR) is 124 cm³/mol. The minimum absolute atomic E-state index is 0.00121. The third kappa shape index (κ3) is 2.17. The van der Waals surface area contributed by atoms with E-state index in [0.29, 0.717) is 23.2 Å². The number of nitrogens with zero attached hydrogens (tertiary/aromatic N) is 1. The van der Waals surface area contributed by atoms with Gasteiger partial charge < -0.3 is 10.1 Å². The average Bonchev–Trinajstić information content (AvgIpc) is 3.35. The molecule has 3 aromatic rings. The molecule has 0 saturated carbocycles. The summed E-state index contributed by atoms with van der Waals surface area (Å²) in [4.78, 5) is 29.5. The summed E-state index contributed by atoms with van der Waals surface area (Å²) in [5.41, 5.74) is 5.60. The Kier molecular flexibility index (Phi) is 3.47. The van der Waals surface area contributed by atoms with Crippen LogP contribution in [-0.4, -0.2) is 29.2 Å². The van der Waals surface area contributed by atoms with Gasteiger partial charge in [0.1, 0.15) is 5.75 Å². The molecule has 0 bridgehead atoms. The zero-order valence-electron chi connectivity index (χ0n) is 18.4. The number of nitrogens with one attached hydrogen (secondary N) is 1. The Morgan fingerprint density at radius 1 is 0.970 bits per heavy atom. The van der Waals surface area contributed by atoms with Crippen molar-refractivity contribution in [2.45, 2.75) is 31.5 Å². The van der Waals surface area contributed by atoms with Crippen LogP contribution in [0.25, 0.3) is 5.70 Å². The molecule has 5 nitrogen and oxygen atoms in total. The molecule has 5 heteroatoms. The molecule has 1 aliphatic carbocycles. The maximum Gasteiger partial charge on any atom is 0.257 e. The minimum atomic E-state index is -1.08. The molecule has 33 heavy (non-hydrogen) atoms. The van der Waals surface area contributed by atoms with E-state index in [1.165, 1.54) is 0 Å². The van der Waals surface area contributed by atoms with Gasteiger partial charge in [-0.15, -0.1) is 0 Å². The van der Waals surface area contributed by atoms with Gasteiger partial charge in [0.25, 0.3) is 5.91 Å². The van der Waals surface area contributed by atoms with Gasteiger partial charge in [-0.2, -0.15) is 0 Å². The average molecular weight is 434 g/mol. The van der Waals surface area contributed by atoms with Crippen LogP contribution >= 0.6 is 0 Å². The van der Waals surface area contributed by atoms with Crippen LogP contribution in [0.2, 0.25) is 0 Å². The third-order valence-corrected chi connectivity index (χ3v) is 7.41. The molecule has 0 aromatic heterocycles. The first-order chi connectivity index (χ1) is 16.0. The second-order valence-corrected chi connectivity index (χ2v) is 9.44. The van der Waals surface area contributed by atoms with E-state index in [4.69, 9.17) is 4.74 Å². The van der Waals surface area contributed by atoms with Gasteiger partial charge in [0.2, 0.25) is 5.72 Å². The first-order valence-electron chi connectivity index (χ1n) is 11.4. The number of rotatable bonds is 0. The number of ether oxygens (including phenoxy) is 1. The van der Waals surface area contributed by atoms with Gasteiger partial charge in [-0.1, -0.05) is 60.2 Å². The summed E-state index contributed by atoms with van der Waals surface area (Å²) in [6.45, 7) is 4.55. The summed E-state index contributed by atoms with van der Waals surface area (Å²) in [6, 6.07) is 21.5. The smallest absolute Gasteiger partial charge is 0.257 e. The highest BCUT2D eigenvalue weighted by Crippen LogP contribution is 2.61. The first kappa shape index (κ1) is 18.7. The van der Waals surface area contributed by atoms with E-state index in [1.54, 1.807) is 0 Å². The second kappa shape index (κ2) is 6.13. The van der Waals surface area contributed by atoms with Gasteiger partial charge in [-0.3, -0.25) is 14.5 Å². The quantitative estimate of drug-likeness (QED) is 0.571. The topological polar surface area (TPSA) is 58.6 Å². The second-order valence-electron chi connectivity index (χ2n) is 9.44. The Balaban J connectivity index is 1.60. The molecule has 0 unspecified atom stereocenters. The van der Waals surface area contributed by atoms with Crippen LogP contribution in [0.3, 0.4) is 0 Å². The maximum absolute atomic E-state index is 14.0. The van der Waals surface area contributed by atoms with Crippen molar-refractivity contribution in [1.82, 2.24) is 10.2 Å². The van der Waals surface area contributed by atoms with Crippen molar-refractivity contribution in [2.75, 3.05) is 6.54 Å². The lowest BCUT2D eigenvalue weighted by molar-refractivity contribution is -0.0601. The Morgan fingerprint density at radius 3 is 2.52 bits per heavy atom. The first-order valence-corrected chi connectivity index (χ1v) is 11.4. The van der Waals surface area contributed by atoms with Crippen LogP contribution in [0.5, 0.6) is 5.75 Å². The normalized spacial score (nSPS) is 26.3. The molecule has 3 heterocycles. The van der Waals surface area contributed by atoms with Gasteiger partial charge in [0.15, 0.2) is 5.78 Å². The molecule has 3 aliphatic heterocycles. The molecule has 1 amide bonds. The molecule has 7 rings (SSSR count). The van der Waals surface area contributed by atoms with Gasteiger partial charge in [0, 0.05) is 46.0 Å². The molecular formula is C28H22N2O3. The molecule has 1 N–H and O–H groups in total. The molecule has 1 spiro atoms. The number of hydrogen-bond donors (Lipinski definition) is 1. The highest BCUT2D eigenvalue weighted by atomic mass is 16.5. The van der Waals surface area contributed by atoms with E-state index in [9.17, 15) is 9.59 Å². The summed E-state index contributed by atoms with van der Waals surface area (Å²) in [7, 11) is 0. The van der Waals surface area contributed by atoms with Gasteiger partial charge in [-0.25, -0.2) is 0 Å². The van der Waals surface area contributed by atoms with Crippen LogP contribution in [0.4, 0.5) is 0 Å². The highest BCUT2D eigenvalue weighted by molar-refractivity contribution is 6.21. The fourth-order valence-electron chi connectivity index (χ4n) is 6.14. The fraction of sp³-hybridized carbons (Fsp3) is 0.214. The standard InChI is InChI=1S/C28H22N2O3/c1-15-11-12-22-20(13-15)24-23-25(17-7-3-4-8-18(17)26(23)31)29-16(2)14-30-27(32)19-9-5-6-10-21(19)28(24,30)33-22/h3-13,16,24,29H,14H2,1-2H3/t16-,24+,28+/m1/s1. The Bertz CT molecular complexity index is 1440. The molecule has 0 fully saturated rings. The van der Waals surface area contributed by atoms with Crippen molar-refractivity contribution in [3.05, 3.63) is 106 Å². The van der Waals surface area contributed by atoms with Gasteiger partial charge >= 0.3 is 0 Å². The molecule has 3 atom stereocenters. The lowest BCUT2D eigenvalue weighted by atomic mass is 9.77. The molecule has 162 valence electrons. The number of aryl methyl sites for hydroxylation is 1. The van der Waals surface area contributed by atoms with E-state index >= 15 is 0 Å². The fourth-order valence-corrected chi connectivity index (χ4v) is 6.14. The van der Waals surface area contributed by atoms with Crippen LogP contribution in [-0.2, 0) is 5.72 Å². The van der Waals surface area contributed by atoms with Crippen LogP contribution in [0.15, 0.2) is 72.3 Å². The number of fused-ring (bicyclic) bond motifs is 6. The lowest BCUT2D eigenvalue weighted by Gasteiger charge is -2.43.